The number of sulfone groups is 1. The number of thiazole rings is 1. The van der Waals surface area contributed by atoms with E-state index in [0.717, 1.165) is 17.9 Å². The van der Waals surface area contributed by atoms with E-state index in [9.17, 15) is 26.0 Å². The Labute approximate surface area is 201 Å². The van der Waals surface area contributed by atoms with Gasteiger partial charge in [-0.05, 0) is 55.3 Å². The molecule has 0 saturated carbocycles. The van der Waals surface area contributed by atoms with E-state index in [1.807, 2.05) is 0 Å². The number of nitrogens with zero attached hydrogens (tertiary/aromatic N) is 2. The lowest BCUT2D eigenvalue weighted by atomic mass is 9.97. The van der Waals surface area contributed by atoms with Gasteiger partial charge in [0.15, 0.2) is 15.0 Å². The first-order valence-electron chi connectivity index (χ1n) is 10.4. The van der Waals surface area contributed by atoms with Crippen molar-refractivity contribution in [2.75, 3.05) is 24.7 Å². The first-order chi connectivity index (χ1) is 16.0. The van der Waals surface area contributed by atoms with Crippen LogP contribution in [0.3, 0.4) is 0 Å². The minimum atomic E-state index is -3.88. The Balaban J connectivity index is 1.38. The number of anilines is 1. The quantitative estimate of drug-likeness (QED) is 0.530. The summed E-state index contributed by atoms with van der Waals surface area (Å²) in [6.45, 7) is 0.282. The zero-order valence-corrected chi connectivity index (χ0v) is 20.6. The van der Waals surface area contributed by atoms with Gasteiger partial charge < -0.3 is 5.32 Å². The topological polar surface area (TPSA) is 114 Å². The van der Waals surface area contributed by atoms with Crippen molar-refractivity contribution in [3.63, 3.8) is 0 Å². The fraction of sp³-hybridized carbons (Fsp3) is 0.273. The molecule has 1 saturated heterocycles. The molecule has 0 spiro atoms. The number of carbonyl (C=O) groups is 1. The van der Waals surface area contributed by atoms with Crippen LogP contribution in [0.2, 0.25) is 0 Å². The molecule has 8 nitrogen and oxygen atoms in total. The molecule has 2 heterocycles. The lowest BCUT2D eigenvalue weighted by Gasteiger charge is -2.30. The summed E-state index contributed by atoms with van der Waals surface area (Å²) in [5, 5.41) is 4.96. The Bertz CT molecular complexity index is 1410. The van der Waals surface area contributed by atoms with Crippen molar-refractivity contribution in [1.29, 1.82) is 0 Å². The third-order valence-electron chi connectivity index (χ3n) is 5.57. The average Bonchev–Trinajstić information content (AvgIpc) is 3.27. The zero-order valence-electron chi connectivity index (χ0n) is 18.1. The Morgan fingerprint density at radius 2 is 1.71 bits per heavy atom. The van der Waals surface area contributed by atoms with Gasteiger partial charge in [0.05, 0.1) is 15.5 Å². The van der Waals surface area contributed by atoms with Gasteiger partial charge in [-0.2, -0.15) is 4.31 Å². The van der Waals surface area contributed by atoms with E-state index in [1.165, 1.54) is 46.0 Å². The number of piperidine rings is 1. The molecule has 0 unspecified atom stereocenters. The van der Waals surface area contributed by atoms with E-state index in [2.05, 4.69) is 10.3 Å². The van der Waals surface area contributed by atoms with Gasteiger partial charge in [0.25, 0.3) is 0 Å². The smallest absolute Gasteiger partial charge is 0.243 e. The van der Waals surface area contributed by atoms with Gasteiger partial charge in [-0.1, -0.05) is 6.07 Å². The number of rotatable bonds is 6. The molecule has 180 valence electrons. The van der Waals surface area contributed by atoms with Crippen molar-refractivity contribution in [2.24, 2.45) is 5.92 Å². The van der Waals surface area contributed by atoms with Crippen molar-refractivity contribution in [1.82, 2.24) is 9.29 Å². The fourth-order valence-electron chi connectivity index (χ4n) is 3.66. The van der Waals surface area contributed by atoms with Crippen LogP contribution in [-0.2, 0) is 24.7 Å². The second-order valence-electron chi connectivity index (χ2n) is 7.96. The zero-order chi connectivity index (χ0) is 24.5. The van der Waals surface area contributed by atoms with Crippen LogP contribution in [0.15, 0.2) is 63.7 Å². The minimum absolute atomic E-state index is 0.0636. The standard InChI is InChI=1S/C22H22FN3O5S3/c1-33(28,29)18-3-2-4-19(13-18)34(30,31)26-11-9-16(10-12-26)21(27)25-22-24-20(14-32-22)15-5-7-17(23)8-6-15/h2-8,13-14,16H,9-12H2,1H3,(H,24,25,27). The Morgan fingerprint density at radius 3 is 2.35 bits per heavy atom. The fourth-order valence-corrected chi connectivity index (χ4v) is 6.64. The van der Waals surface area contributed by atoms with Crippen molar-refractivity contribution in [3.05, 3.63) is 59.7 Å². The molecule has 0 bridgehead atoms. The van der Waals surface area contributed by atoms with Crippen LogP contribution in [0, 0.1) is 11.7 Å². The second kappa shape index (κ2) is 9.53. The molecule has 1 fully saturated rings. The highest BCUT2D eigenvalue weighted by Crippen LogP contribution is 2.28. The van der Waals surface area contributed by atoms with Crippen molar-refractivity contribution in [2.45, 2.75) is 22.6 Å². The summed E-state index contributed by atoms with van der Waals surface area (Å²) < 4.78 is 63.9. The third-order valence-corrected chi connectivity index (χ3v) is 9.33. The van der Waals surface area contributed by atoms with Gasteiger partial charge in [-0.3, -0.25) is 4.79 Å². The molecule has 1 aliphatic heterocycles. The lowest BCUT2D eigenvalue weighted by Crippen LogP contribution is -2.41. The molecule has 1 amide bonds. The molecule has 4 rings (SSSR count). The summed E-state index contributed by atoms with van der Waals surface area (Å²) >= 11 is 1.25. The Hall–Kier alpha value is -2.67. The number of aromatic nitrogens is 1. The second-order valence-corrected chi connectivity index (χ2v) is 12.8. The lowest BCUT2D eigenvalue weighted by molar-refractivity contribution is -0.120. The number of amides is 1. The van der Waals surface area contributed by atoms with Gasteiger partial charge in [0, 0.05) is 36.2 Å². The maximum Gasteiger partial charge on any atom is 0.243 e. The van der Waals surface area contributed by atoms with Gasteiger partial charge in [0.2, 0.25) is 15.9 Å². The molecule has 3 aromatic rings. The van der Waals surface area contributed by atoms with Crippen LogP contribution in [0.5, 0.6) is 0 Å². The molecule has 1 aliphatic rings. The molecular weight excluding hydrogens is 501 g/mol. The highest BCUT2D eigenvalue weighted by atomic mass is 32.2. The van der Waals surface area contributed by atoms with E-state index in [1.54, 1.807) is 17.5 Å². The molecule has 1 aromatic heterocycles. The summed E-state index contributed by atoms with van der Waals surface area (Å²) in [4.78, 5) is 16.9. The van der Waals surface area contributed by atoms with E-state index in [0.29, 0.717) is 23.7 Å². The third kappa shape index (κ3) is 5.35. The highest BCUT2D eigenvalue weighted by molar-refractivity contribution is 7.91. The Morgan fingerprint density at radius 1 is 1.06 bits per heavy atom. The molecule has 1 N–H and O–H groups in total. The summed E-state index contributed by atoms with van der Waals surface area (Å²) in [6, 6.07) is 11.2. The number of benzene rings is 2. The van der Waals surface area contributed by atoms with Crippen molar-refractivity contribution in [3.8, 4) is 11.3 Å². The largest absolute Gasteiger partial charge is 0.302 e. The summed E-state index contributed by atoms with van der Waals surface area (Å²) in [6.07, 6.45) is 1.67. The first-order valence-corrected chi connectivity index (χ1v) is 14.6. The summed E-state index contributed by atoms with van der Waals surface area (Å²) in [5.41, 5.74) is 1.36. The van der Waals surface area contributed by atoms with Gasteiger partial charge in [-0.25, -0.2) is 26.2 Å². The van der Waals surface area contributed by atoms with Crippen LogP contribution >= 0.6 is 11.3 Å². The predicted molar refractivity (Wildman–Crippen MR) is 127 cm³/mol. The van der Waals surface area contributed by atoms with E-state index in [4.69, 9.17) is 0 Å². The van der Waals surface area contributed by atoms with Crippen LogP contribution in [0.4, 0.5) is 9.52 Å². The minimum Gasteiger partial charge on any atom is -0.302 e. The highest BCUT2D eigenvalue weighted by Gasteiger charge is 2.32. The number of carbonyl (C=O) groups excluding carboxylic acids is 1. The normalized spacial score (nSPS) is 15.8. The SMILES string of the molecule is CS(=O)(=O)c1cccc(S(=O)(=O)N2CCC(C(=O)Nc3nc(-c4ccc(F)cc4)cs3)CC2)c1. The molecule has 0 radical (unpaired) electrons. The summed E-state index contributed by atoms with van der Waals surface area (Å²) in [5.74, 6) is -0.966. The first kappa shape index (κ1) is 24.5. The number of hydrogen-bond acceptors (Lipinski definition) is 7. The van der Waals surface area contributed by atoms with E-state index >= 15 is 0 Å². The van der Waals surface area contributed by atoms with Crippen molar-refractivity contribution >= 4 is 42.2 Å². The monoisotopic (exact) mass is 523 g/mol. The number of halogens is 1. The molecule has 34 heavy (non-hydrogen) atoms. The molecule has 0 aliphatic carbocycles. The van der Waals surface area contributed by atoms with Gasteiger partial charge in [-0.15, -0.1) is 11.3 Å². The van der Waals surface area contributed by atoms with E-state index in [-0.39, 0.29) is 40.5 Å². The summed E-state index contributed by atoms with van der Waals surface area (Å²) in [7, 11) is -7.42. The number of nitrogens with one attached hydrogen (secondary N) is 1. The van der Waals surface area contributed by atoms with Crippen LogP contribution in [0.1, 0.15) is 12.8 Å². The molecular formula is C22H22FN3O5S3. The molecule has 2 aromatic carbocycles. The average molecular weight is 524 g/mol. The molecule has 0 atom stereocenters. The Kier molecular flexibility index (Phi) is 6.85. The van der Waals surface area contributed by atoms with Crippen LogP contribution in [0.25, 0.3) is 11.3 Å². The van der Waals surface area contributed by atoms with Gasteiger partial charge >= 0.3 is 0 Å². The van der Waals surface area contributed by atoms with Crippen LogP contribution < -0.4 is 5.32 Å². The van der Waals surface area contributed by atoms with Gasteiger partial charge in [0.1, 0.15) is 5.82 Å². The van der Waals surface area contributed by atoms with Crippen molar-refractivity contribution < 1.29 is 26.0 Å². The maximum atomic E-state index is 13.1. The maximum absolute atomic E-state index is 13.1. The number of hydrogen-bond donors (Lipinski definition) is 1. The van der Waals surface area contributed by atoms with E-state index < -0.39 is 19.9 Å². The number of sulfonamides is 1. The molecule has 12 heteroatoms. The predicted octanol–water partition coefficient (Wildman–Crippen LogP) is 3.39. The van der Waals surface area contributed by atoms with Crippen LogP contribution in [-0.4, -0.2) is 51.4 Å².